The van der Waals surface area contributed by atoms with Crippen molar-refractivity contribution in [1.82, 2.24) is 34.6 Å². The number of rotatable bonds is 5. The number of hydrogen-bond donors (Lipinski definition) is 1. The Morgan fingerprint density at radius 2 is 1.84 bits per heavy atom. The molecule has 0 spiro atoms. The number of hydrogen-bond acceptors (Lipinski definition) is 6. The second-order valence-corrected chi connectivity index (χ2v) is 10.5. The van der Waals surface area contributed by atoms with Gasteiger partial charge in [0.15, 0.2) is 5.82 Å². The van der Waals surface area contributed by atoms with Crippen LogP contribution in [0.4, 0.5) is 5.82 Å². The Balaban J connectivity index is 1.24. The average Bonchev–Trinajstić information content (AvgIpc) is 3.60. The molecule has 1 saturated heterocycles. The van der Waals surface area contributed by atoms with E-state index in [-0.39, 0.29) is 30.0 Å². The normalized spacial score (nSPS) is 23.9. The van der Waals surface area contributed by atoms with Gasteiger partial charge in [-0.15, -0.1) is 10.2 Å². The number of amides is 1. The summed E-state index contributed by atoms with van der Waals surface area (Å²) in [4.78, 5) is 25.1. The molecule has 3 aromatic heterocycles. The fourth-order valence-electron chi connectivity index (χ4n) is 5.75. The van der Waals surface area contributed by atoms with Crippen molar-refractivity contribution in [3.8, 4) is 22.8 Å². The maximum absolute atomic E-state index is 13.8. The molecule has 37 heavy (non-hydrogen) atoms. The molecule has 2 fully saturated rings. The Morgan fingerprint density at radius 1 is 1.00 bits per heavy atom. The number of fused-ring (bicyclic) bond motifs is 1. The van der Waals surface area contributed by atoms with Crippen LogP contribution in [0.25, 0.3) is 22.8 Å². The maximum atomic E-state index is 13.8. The molecular formula is C28H32N8O. The summed E-state index contributed by atoms with van der Waals surface area (Å²) in [5.74, 6) is 1.76. The summed E-state index contributed by atoms with van der Waals surface area (Å²) in [5, 5.41) is 12.0. The zero-order chi connectivity index (χ0) is 25.5. The number of benzene rings is 1. The molecule has 9 heteroatoms. The number of carbonyl (C=O) groups is 1. The van der Waals surface area contributed by atoms with Gasteiger partial charge in [-0.25, -0.2) is 9.97 Å². The molecule has 0 radical (unpaired) electrons. The zero-order valence-corrected chi connectivity index (χ0v) is 21.4. The van der Waals surface area contributed by atoms with Gasteiger partial charge < -0.3 is 9.13 Å². The highest BCUT2D eigenvalue weighted by Crippen LogP contribution is 2.40. The van der Waals surface area contributed by atoms with E-state index in [0.29, 0.717) is 29.9 Å². The quantitative estimate of drug-likeness (QED) is 0.442. The van der Waals surface area contributed by atoms with E-state index in [2.05, 4.69) is 64.2 Å². The minimum absolute atomic E-state index is 0.123. The third-order valence-corrected chi connectivity index (χ3v) is 7.78. The average molecular weight is 497 g/mol. The summed E-state index contributed by atoms with van der Waals surface area (Å²) >= 11 is 0. The Labute approximate surface area is 216 Å². The van der Waals surface area contributed by atoms with Crippen molar-refractivity contribution in [2.24, 2.45) is 11.8 Å². The molecule has 2 aliphatic rings. The van der Waals surface area contributed by atoms with E-state index in [1.807, 2.05) is 47.3 Å². The summed E-state index contributed by atoms with van der Waals surface area (Å²) in [7, 11) is 0. The van der Waals surface area contributed by atoms with Crippen LogP contribution in [-0.4, -0.2) is 47.9 Å². The third-order valence-electron chi connectivity index (χ3n) is 7.78. The van der Waals surface area contributed by atoms with Gasteiger partial charge in [0.05, 0.1) is 24.6 Å². The first kappa shape index (κ1) is 23.5. The minimum Gasteiger partial charge on any atom is -0.333 e. The van der Waals surface area contributed by atoms with E-state index < -0.39 is 0 Å². The van der Waals surface area contributed by atoms with Crippen molar-refractivity contribution in [2.75, 3.05) is 11.6 Å². The first-order valence-electron chi connectivity index (χ1n) is 13.0. The lowest BCUT2D eigenvalue weighted by Gasteiger charge is -2.45. The van der Waals surface area contributed by atoms with Gasteiger partial charge in [0.1, 0.15) is 17.8 Å². The number of nitrogens with zero attached hydrogens (tertiary/aromatic N) is 7. The number of aromatic nitrogens is 6. The van der Waals surface area contributed by atoms with E-state index in [1.54, 1.807) is 11.2 Å². The van der Waals surface area contributed by atoms with E-state index in [4.69, 9.17) is 4.98 Å². The van der Waals surface area contributed by atoms with Crippen LogP contribution < -0.4 is 10.2 Å². The van der Waals surface area contributed by atoms with Crippen molar-refractivity contribution in [2.45, 2.75) is 51.7 Å². The lowest BCUT2D eigenvalue weighted by Crippen LogP contribution is -2.60. The predicted octanol–water partition coefficient (Wildman–Crippen LogP) is 4.33. The molecule has 1 amide bonds. The van der Waals surface area contributed by atoms with Crippen LogP contribution in [0.1, 0.15) is 45.7 Å². The lowest BCUT2D eigenvalue weighted by molar-refractivity contribution is -0.127. The number of nitrogens with one attached hydrogen (secondary N) is 1. The summed E-state index contributed by atoms with van der Waals surface area (Å²) in [6.07, 6.45) is 7.46. The van der Waals surface area contributed by atoms with E-state index in [1.165, 1.54) is 0 Å². The van der Waals surface area contributed by atoms with Gasteiger partial charge in [-0.05, 0) is 44.7 Å². The fraction of sp³-hybridized carbons (Fsp3) is 0.393. The molecule has 4 heterocycles. The topological polar surface area (TPSA) is 93.8 Å². The van der Waals surface area contributed by atoms with Crippen LogP contribution in [0.5, 0.6) is 0 Å². The lowest BCUT2D eigenvalue weighted by atomic mass is 9.74. The molecule has 4 unspecified atom stereocenters. The second kappa shape index (κ2) is 9.55. The summed E-state index contributed by atoms with van der Waals surface area (Å²) in [6.45, 7) is 6.89. The number of imidazole rings is 1. The molecule has 9 nitrogen and oxygen atoms in total. The highest BCUT2D eigenvalue weighted by atomic mass is 16.2. The van der Waals surface area contributed by atoms with Gasteiger partial charge >= 0.3 is 0 Å². The molecular weight excluding hydrogens is 464 g/mol. The predicted molar refractivity (Wildman–Crippen MR) is 142 cm³/mol. The van der Waals surface area contributed by atoms with E-state index in [0.717, 1.165) is 24.1 Å². The molecule has 1 N–H and O–H groups in total. The van der Waals surface area contributed by atoms with E-state index >= 15 is 0 Å². The Bertz CT molecular complexity index is 1390. The van der Waals surface area contributed by atoms with Crippen molar-refractivity contribution in [1.29, 1.82) is 0 Å². The summed E-state index contributed by atoms with van der Waals surface area (Å²) in [5.41, 5.74) is 2.77. The van der Waals surface area contributed by atoms with Crippen LogP contribution in [0.15, 0.2) is 67.4 Å². The van der Waals surface area contributed by atoms with Crippen LogP contribution >= 0.6 is 0 Å². The molecule has 1 aliphatic carbocycles. The molecule has 0 bridgehead atoms. The number of pyridine rings is 1. The summed E-state index contributed by atoms with van der Waals surface area (Å²) in [6, 6.07) is 16.5. The van der Waals surface area contributed by atoms with Crippen molar-refractivity contribution in [3.63, 3.8) is 0 Å². The number of carbonyl (C=O) groups excluding carboxylic acids is 1. The third kappa shape index (κ3) is 4.33. The summed E-state index contributed by atoms with van der Waals surface area (Å²) < 4.78 is 4.19. The Kier molecular flexibility index (Phi) is 6.08. The largest absolute Gasteiger partial charge is 0.333 e. The van der Waals surface area contributed by atoms with Gasteiger partial charge in [-0.1, -0.05) is 43.3 Å². The second-order valence-electron chi connectivity index (χ2n) is 10.5. The highest BCUT2D eigenvalue weighted by molar-refractivity contribution is 5.95. The zero-order valence-electron chi connectivity index (χ0n) is 21.4. The van der Waals surface area contributed by atoms with E-state index in [9.17, 15) is 4.79 Å². The van der Waals surface area contributed by atoms with Gasteiger partial charge in [0.25, 0.3) is 0 Å². The number of anilines is 1. The minimum atomic E-state index is -0.123. The fourth-order valence-corrected chi connectivity index (χ4v) is 5.75. The Morgan fingerprint density at radius 3 is 2.65 bits per heavy atom. The van der Waals surface area contributed by atoms with Gasteiger partial charge in [0.2, 0.25) is 5.91 Å². The van der Waals surface area contributed by atoms with Crippen LogP contribution in [-0.2, 0) is 4.79 Å². The molecule has 6 rings (SSSR count). The molecule has 190 valence electrons. The van der Waals surface area contributed by atoms with Crippen molar-refractivity contribution in [3.05, 3.63) is 67.4 Å². The van der Waals surface area contributed by atoms with Crippen molar-refractivity contribution >= 4 is 11.7 Å². The van der Waals surface area contributed by atoms with Crippen LogP contribution in [0.3, 0.4) is 0 Å². The molecule has 4 aromatic rings. The molecule has 4 atom stereocenters. The monoisotopic (exact) mass is 496 g/mol. The standard InChI is InChI=1S/C28H32N8O/c1-18(2)35-17-31-33-27(35)22-10-7-11-26(32-22)36-16-30-23-12-19(3)25(13-21(23)28(36)37)34-14-24(29-15-34)20-8-5-4-6-9-20/h4-11,14-15,17-19,21,23,25,30H,12-13,16H2,1-3H3. The van der Waals surface area contributed by atoms with Crippen LogP contribution in [0.2, 0.25) is 0 Å². The van der Waals surface area contributed by atoms with Gasteiger partial charge in [0, 0.05) is 29.9 Å². The Hall–Kier alpha value is -3.85. The van der Waals surface area contributed by atoms with Gasteiger partial charge in [-0.3, -0.25) is 15.0 Å². The molecule has 1 aliphatic heterocycles. The smallest absolute Gasteiger partial charge is 0.234 e. The maximum Gasteiger partial charge on any atom is 0.234 e. The van der Waals surface area contributed by atoms with Gasteiger partial charge in [-0.2, -0.15) is 0 Å². The molecule has 1 aromatic carbocycles. The SMILES string of the molecule is CC1CC2NCN(c3cccc(-c4nncn4C(C)C)n3)C(=O)C2CC1n1cnc(-c2ccccc2)c1. The van der Waals surface area contributed by atoms with Crippen molar-refractivity contribution < 1.29 is 4.79 Å². The highest BCUT2D eigenvalue weighted by Gasteiger charge is 2.44. The first-order valence-corrected chi connectivity index (χ1v) is 13.0. The molecule has 1 saturated carbocycles. The first-order chi connectivity index (χ1) is 18.0. The van der Waals surface area contributed by atoms with Crippen LogP contribution in [0, 0.1) is 11.8 Å².